The van der Waals surface area contributed by atoms with E-state index in [1.54, 1.807) is 24.3 Å². The second kappa shape index (κ2) is 8.95. The Balaban J connectivity index is 1.42. The quantitative estimate of drug-likeness (QED) is 0.771. The van der Waals surface area contributed by atoms with Gasteiger partial charge in [-0.3, -0.25) is 0 Å². The molecule has 1 saturated heterocycles. The Kier molecular flexibility index (Phi) is 6.40. The number of hydrogen-bond donors (Lipinski definition) is 1. The van der Waals surface area contributed by atoms with Crippen LogP contribution in [0.2, 0.25) is 5.02 Å². The molecular weight excluding hydrogens is 348 g/mol. The Morgan fingerprint density at radius 3 is 2.46 bits per heavy atom. The SMILES string of the molecule is CC(NC(=O)N1CCC(Cc2ccccc2)CC1)Oc1ccc(Cl)cc1. The fourth-order valence-electron chi connectivity index (χ4n) is 3.30. The average Bonchev–Trinajstić information content (AvgIpc) is 2.65. The molecule has 1 aliphatic heterocycles. The van der Waals surface area contributed by atoms with Crippen molar-refractivity contribution in [1.82, 2.24) is 10.2 Å². The van der Waals surface area contributed by atoms with Gasteiger partial charge in [0.25, 0.3) is 0 Å². The zero-order chi connectivity index (χ0) is 18.4. The highest BCUT2D eigenvalue weighted by Gasteiger charge is 2.24. The van der Waals surface area contributed by atoms with E-state index in [1.807, 2.05) is 17.9 Å². The molecule has 0 aromatic heterocycles. The lowest BCUT2D eigenvalue weighted by molar-refractivity contribution is 0.138. The number of halogens is 1. The highest BCUT2D eigenvalue weighted by atomic mass is 35.5. The molecule has 0 radical (unpaired) electrons. The van der Waals surface area contributed by atoms with Crippen LogP contribution in [-0.4, -0.2) is 30.2 Å². The smallest absolute Gasteiger partial charge is 0.320 e. The zero-order valence-corrected chi connectivity index (χ0v) is 15.8. The van der Waals surface area contributed by atoms with Crippen LogP contribution in [-0.2, 0) is 6.42 Å². The van der Waals surface area contributed by atoms with Crippen LogP contribution in [0.1, 0.15) is 25.3 Å². The first kappa shape index (κ1) is 18.6. The van der Waals surface area contributed by atoms with Gasteiger partial charge in [-0.25, -0.2) is 4.79 Å². The Morgan fingerprint density at radius 2 is 1.81 bits per heavy atom. The highest BCUT2D eigenvalue weighted by molar-refractivity contribution is 6.30. The number of ether oxygens (including phenoxy) is 1. The van der Waals surface area contributed by atoms with Gasteiger partial charge in [0.1, 0.15) is 5.75 Å². The Labute approximate surface area is 160 Å². The maximum atomic E-state index is 12.4. The number of hydrogen-bond acceptors (Lipinski definition) is 2. The van der Waals surface area contributed by atoms with Gasteiger partial charge in [-0.05, 0) is 61.9 Å². The van der Waals surface area contributed by atoms with Crippen LogP contribution >= 0.6 is 11.6 Å². The third-order valence-corrected chi connectivity index (χ3v) is 4.97. The molecule has 2 aromatic carbocycles. The minimum absolute atomic E-state index is 0.0652. The van der Waals surface area contributed by atoms with Crippen LogP contribution in [0.3, 0.4) is 0 Å². The van der Waals surface area contributed by atoms with E-state index in [0.717, 1.165) is 32.4 Å². The summed E-state index contributed by atoms with van der Waals surface area (Å²) in [6.45, 7) is 3.41. The molecule has 4 nitrogen and oxygen atoms in total. The molecule has 2 amide bonds. The minimum atomic E-state index is -0.397. The number of carbonyl (C=O) groups is 1. The van der Waals surface area contributed by atoms with Crippen LogP contribution in [0.15, 0.2) is 54.6 Å². The van der Waals surface area contributed by atoms with E-state index in [0.29, 0.717) is 16.7 Å². The Hall–Kier alpha value is -2.20. The molecule has 138 valence electrons. The number of benzene rings is 2. The number of carbonyl (C=O) groups excluding carboxylic acids is 1. The van der Waals surface area contributed by atoms with Gasteiger partial charge in [0, 0.05) is 18.1 Å². The maximum absolute atomic E-state index is 12.4. The van der Waals surface area contributed by atoms with Gasteiger partial charge in [-0.15, -0.1) is 0 Å². The lowest BCUT2D eigenvalue weighted by Crippen LogP contribution is -2.48. The summed E-state index contributed by atoms with van der Waals surface area (Å²) in [4.78, 5) is 14.3. The van der Waals surface area contributed by atoms with Crippen LogP contribution in [0, 0.1) is 5.92 Å². The molecule has 0 aliphatic carbocycles. The average molecular weight is 373 g/mol. The van der Waals surface area contributed by atoms with E-state index in [1.165, 1.54) is 5.56 Å². The number of nitrogens with one attached hydrogen (secondary N) is 1. The molecule has 0 spiro atoms. The standard InChI is InChI=1S/C21H25ClN2O2/c1-16(26-20-9-7-19(22)8-10-20)23-21(25)24-13-11-18(12-14-24)15-17-5-3-2-4-6-17/h2-10,16,18H,11-15H2,1H3,(H,23,25). The summed E-state index contributed by atoms with van der Waals surface area (Å²) in [5, 5.41) is 3.57. The number of piperidine rings is 1. The van der Waals surface area contributed by atoms with Gasteiger partial charge in [-0.2, -0.15) is 0 Å². The lowest BCUT2D eigenvalue weighted by Gasteiger charge is -2.33. The molecule has 1 heterocycles. The molecule has 1 atom stereocenters. The van der Waals surface area contributed by atoms with E-state index in [2.05, 4.69) is 29.6 Å². The zero-order valence-electron chi connectivity index (χ0n) is 15.0. The third kappa shape index (κ3) is 5.40. The molecule has 1 N–H and O–H groups in total. The topological polar surface area (TPSA) is 41.6 Å². The molecule has 0 bridgehead atoms. The minimum Gasteiger partial charge on any atom is -0.471 e. The predicted octanol–water partition coefficient (Wildman–Crippen LogP) is 4.73. The van der Waals surface area contributed by atoms with E-state index < -0.39 is 6.23 Å². The molecule has 5 heteroatoms. The number of rotatable bonds is 5. The largest absolute Gasteiger partial charge is 0.471 e. The van der Waals surface area contributed by atoms with E-state index in [9.17, 15) is 4.79 Å². The molecular formula is C21H25ClN2O2. The van der Waals surface area contributed by atoms with Crippen LogP contribution in [0.25, 0.3) is 0 Å². The van der Waals surface area contributed by atoms with Gasteiger partial charge >= 0.3 is 6.03 Å². The van der Waals surface area contributed by atoms with Crippen molar-refractivity contribution in [2.45, 2.75) is 32.4 Å². The van der Waals surface area contributed by atoms with Crippen molar-refractivity contribution in [1.29, 1.82) is 0 Å². The second-order valence-corrected chi connectivity index (χ2v) is 7.22. The van der Waals surface area contributed by atoms with Crippen LogP contribution in [0.4, 0.5) is 4.79 Å². The highest BCUT2D eigenvalue weighted by Crippen LogP contribution is 2.22. The van der Waals surface area contributed by atoms with Gasteiger partial charge in [0.2, 0.25) is 0 Å². The number of likely N-dealkylation sites (tertiary alicyclic amines) is 1. The number of urea groups is 1. The first-order chi connectivity index (χ1) is 12.6. The van der Waals surface area contributed by atoms with Crippen molar-refractivity contribution in [3.63, 3.8) is 0 Å². The number of nitrogens with zero attached hydrogens (tertiary/aromatic N) is 1. The van der Waals surface area contributed by atoms with Crippen molar-refractivity contribution in [3.8, 4) is 5.75 Å². The van der Waals surface area contributed by atoms with Crippen molar-refractivity contribution in [2.24, 2.45) is 5.92 Å². The predicted molar refractivity (Wildman–Crippen MR) is 105 cm³/mol. The second-order valence-electron chi connectivity index (χ2n) is 6.78. The van der Waals surface area contributed by atoms with Gasteiger partial charge < -0.3 is 15.0 Å². The summed E-state index contributed by atoms with van der Waals surface area (Å²) in [5.74, 6) is 1.33. The van der Waals surface area contributed by atoms with Crippen molar-refractivity contribution >= 4 is 17.6 Å². The van der Waals surface area contributed by atoms with Crippen molar-refractivity contribution < 1.29 is 9.53 Å². The summed E-state index contributed by atoms with van der Waals surface area (Å²) >= 11 is 5.86. The van der Waals surface area contributed by atoms with Gasteiger partial charge in [-0.1, -0.05) is 41.9 Å². The molecule has 2 aromatic rings. The summed E-state index contributed by atoms with van der Waals surface area (Å²) in [5.41, 5.74) is 1.38. The van der Waals surface area contributed by atoms with Crippen molar-refractivity contribution in [3.05, 3.63) is 65.2 Å². The van der Waals surface area contributed by atoms with E-state index >= 15 is 0 Å². The number of amides is 2. The fourth-order valence-corrected chi connectivity index (χ4v) is 3.43. The van der Waals surface area contributed by atoms with Crippen LogP contribution < -0.4 is 10.1 Å². The summed E-state index contributed by atoms with van der Waals surface area (Å²) < 4.78 is 5.71. The monoisotopic (exact) mass is 372 g/mol. The Bertz CT molecular complexity index is 698. The van der Waals surface area contributed by atoms with E-state index in [4.69, 9.17) is 16.3 Å². The maximum Gasteiger partial charge on any atom is 0.320 e. The molecule has 1 fully saturated rings. The summed E-state index contributed by atoms with van der Waals surface area (Å²) in [6, 6.07) is 17.6. The summed E-state index contributed by atoms with van der Waals surface area (Å²) in [6.07, 6.45) is 2.77. The van der Waals surface area contributed by atoms with Crippen LogP contribution in [0.5, 0.6) is 5.75 Å². The first-order valence-corrected chi connectivity index (χ1v) is 9.49. The lowest BCUT2D eigenvalue weighted by atomic mass is 9.90. The molecule has 1 unspecified atom stereocenters. The third-order valence-electron chi connectivity index (χ3n) is 4.72. The van der Waals surface area contributed by atoms with Gasteiger partial charge in [0.05, 0.1) is 0 Å². The van der Waals surface area contributed by atoms with Crippen molar-refractivity contribution in [2.75, 3.05) is 13.1 Å². The first-order valence-electron chi connectivity index (χ1n) is 9.12. The summed E-state index contributed by atoms with van der Waals surface area (Å²) in [7, 11) is 0. The Morgan fingerprint density at radius 1 is 1.15 bits per heavy atom. The normalized spacial score (nSPS) is 16.2. The molecule has 0 saturated carbocycles. The molecule has 1 aliphatic rings. The molecule has 3 rings (SSSR count). The van der Waals surface area contributed by atoms with Gasteiger partial charge in [0.15, 0.2) is 6.23 Å². The molecule has 26 heavy (non-hydrogen) atoms. The van der Waals surface area contributed by atoms with E-state index in [-0.39, 0.29) is 6.03 Å². The fraction of sp³-hybridized carbons (Fsp3) is 0.381.